The van der Waals surface area contributed by atoms with Crippen molar-refractivity contribution < 1.29 is 67.1 Å². The topological polar surface area (TPSA) is 266 Å². The van der Waals surface area contributed by atoms with Gasteiger partial charge in [-0.1, -0.05) is 23.7 Å². The molecule has 21 nitrogen and oxygen atoms in total. The van der Waals surface area contributed by atoms with Crippen LogP contribution in [0.1, 0.15) is 40.0 Å². The van der Waals surface area contributed by atoms with Crippen LogP contribution < -0.4 is 20.9 Å². The first-order valence-electron chi connectivity index (χ1n) is 22.0. The van der Waals surface area contributed by atoms with Crippen LogP contribution in [-0.2, 0) is 33.4 Å². The van der Waals surface area contributed by atoms with Gasteiger partial charge in [0.15, 0.2) is 5.82 Å². The molecule has 3 aliphatic rings. The first kappa shape index (κ1) is 50.3. The molecule has 4 aromatic rings. The Morgan fingerprint density at radius 3 is 2.28 bits per heavy atom. The van der Waals surface area contributed by atoms with Crippen LogP contribution in [0.3, 0.4) is 0 Å². The van der Waals surface area contributed by atoms with Crippen molar-refractivity contribution in [1.29, 1.82) is 0 Å². The fourth-order valence-corrected chi connectivity index (χ4v) is 8.34. The molecule has 0 saturated carbocycles. The average molecular weight is 982 g/mol. The van der Waals surface area contributed by atoms with Gasteiger partial charge in [0, 0.05) is 82.3 Å². The highest BCUT2D eigenvalue weighted by atomic mass is 35.5. The number of hydrogen-bond acceptors (Lipinski definition) is 17. The second-order valence-corrected chi connectivity index (χ2v) is 16.5. The number of ether oxygens (including phenoxy) is 3. The maximum atomic E-state index is 16.4. The second kappa shape index (κ2) is 22.7. The van der Waals surface area contributed by atoms with Gasteiger partial charge in [-0.15, -0.1) is 0 Å². The number of likely N-dealkylation sites (N-methyl/N-ethyl adjacent to an activating group) is 1. The lowest BCUT2D eigenvalue weighted by Crippen LogP contribution is -2.54. The fourth-order valence-electron chi connectivity index (χ4n) is 8.05. The minimum Gasteiger partial charge on any atom is -0.507 e. The number of carbonyl (C=O) groups excluding carboxylic acids is 6. The fraction of sp³-hybridized carbons (Fsp3) is 0.422. The molecule has 2 saturated heterocycles. The van der Waals surface area contributed by atoms with Gasteiger partial charge in [0.1, 0.15) is 28.9 Å². The summed E-state index contributed by atoms with van der Waals surface area (Å²) in [5.74, 6) is -5.79. The molecule has 368 valence electrons. The number of nitrogens with zero attached hydrogens (tertiary/aromatic N) is 6. The van der Waals surface area contributed by atoms with E-state index in [1.54, 1.807) is 24.1 Å². The van der Waals surface area contributed by atoms with Crippen molar-refractivity contribution in [2.24, 2.45) is 0 Å². The Morgan fingerprint density at radius 1 is 0.884 bits per heavy atom. The number of piperidine rings is 1. The highest BCUT2D eigenvalue weighted by molar-refractivity contribution is 6.34. The number of anilines is 3. The zero-order chi connectivity index (χ0) is 49.4. The summed E-state index contributed by atoms with van der Waals surface area (Å²) in [4.78, 5) is 89.8. The Kier molecular flexibility index (Phi) is 16.5. The van der Waals surface area contributed by atoms with E-state index in [1.807, 2.05) is 0 Å². The minimum absolute atomic E-state index is 0.0118. The van der Waals surface area contributed by atoms with Crippen molar-refractivity contribution in [3.8, 4) is 16.9 Å². The zero-order valence-corrected chi connectivity index (χ0v) is 38.1. The summed E-state index contributed by atoms with van der Waals surface area (Å²) in [7, 11) is 1.61. The summed E-state index contributed by atoms with van der Waals surface area (Å²) in [5, 5.41) is 37.4. The molecule has 0 aliphatic carbocycles. The number of rotatable bonds is 21. The second-order valence-electron chi connectivity index (χ2n) is 16.1. The molecule has 0 spiro atoms. The van der Waals surface area contributed by atoms with Crippen LogP contribution >= 0.6 is 11.6 Å². The molecule has 6 amide bonds. The van der Waals surface area contributed by atoms with E-state index in [0.29, 0.717) is 12.2 Å². The van der Waals surface area contributed by atoms with Crippen LogP contribution in [0.2, 0.25) is 5.02 Å². The van der Waals surface area contributed by atoms with Gasteiger partial charge in [-0.3, -0.25) is 39.0 Å². The lowest BCUT2D eigenvalue weighted by molar-refractivity contribution is -0.159. The molecule has 1 atom stereocenters. The number of carbonyl (C=O) groups is 6. The number of halogens is 3. The van der Waals surface area contributed by atoms with Crippen LogP contribution in [-0.4, -0.2) is 180 Å². The highest BCUT2D eigenvalue weighted by Crippen LogP contribution is 2.43. The molecule has 1 aromatic heterocycles. The quantitative estimate of drug-likeness (QED) is 0.0394. The third-order valence-electron chi connectivity index (χ3n) is 11.6. The van der Waals surface area contributed by atoms with Crippen LogP contribution in [0.4, 0.5) is 26.2 Å². The number of fused-ring (bicyclic) bond motifs is 2. The number of imide groups is 2. The highest BCUT2D eigenvalue weighted by Gasteiger charge is 2.45. The van der Waals surface area contributed by atoms with Gasteiger partial charge in [0.25, 0.3) is 17.7 Å². The van der Waals surface area contributed by atoms with E-state index in [-0.39, 0.29) is 143 Å². The third kappa shape index (κ3) is 11.5. The Balaban J connectivity index is 0.823. The number of aromatic nitrogens is 2. The SMILES string of the molecule is CN(CCOCCOCCOCCNc1cccc2c1C(=O)N(C1CCC(=O)NC1=O)C2=O)C(=O)CCNc1nc(N2CCN(C(=O)C(O)O)CC2)c2cc(Cl)c(-c3c(O)cccc3F)c(F)c2n1. The van der Waals surface area contributed by atoms with E-state index in [2.05, 4.69) is 25.9 Å². The Hall–Kier alpha value is -6.63. The molecule has 6 N–H and O–H groups in total. The molecule has 3 aromatic carbocycles. The molecule has 2 fully saturated rings. The minimum atomic E-state index is -2.18. The molecule has 69 heavy (non-hydrogen) atoms. The predicted octanol–water partition coefficient (Wildman–Crippen LogP) is 1.72. The Labute approximate surface area is 398 Å². The number of aliphatic hydroxyl groups is 2. The number of piperazine rings is 1. The number of benzene rings is 3. The van der Waals surface area contributed by atoms with Crippen molar-refractivity contribution in [3.05, 3.63) is 70.2 Å². The van der Waals surface area contributed by atoms with Crippen molar-refractivity contribution in [3.63, 3.8) is 0 Å². The number of phenols is 1. The Morgan fingerprint density at radius 2 is 1.58 bits per heavy atom. The molecule has 4 heterocycles. The molecule has 0 bridgehead atoms. The number of aliphatic hydroxyl groups excluding tert-OH is 1. The molecule has 3 aliphatic heterocycles. The predicted molar refractivity (Wildman–Crippen MR) is 243 cm³/mol. The van der Waals surface area contributed by atoms with E-state index in [1.165, 1.54) is 34.1 Å². The first-order valence-corrected chi connectivity index (χ1v) is 22.4. The summed E-state index contributed by atoms with van der Waals surface area (Å²) in [6.45, 7) is 2.65. The largest absolute Gasteiger partial charge is 0.507 e. The average Bonchev–Trinajstić information content (AvgIpc) is 3.58. The van der Waals surface area contributed by atoms with E-state index in [4.69, 9.17) is 25.8 Å². The lowest BCUT2D eigenvalue weighted by atomic mass is 10.0. The number of amides is 6. The summed E-state index contributed by atoms with van der Waals surface area (Å²) in [6, 6.07) is 8.60. The normalized spacial score (nSPS) is 16.1. The van der Waals surface area contributed by atoms with Gasteiger partial charge in [0.2, 0.25) is 30.0 Å². The van der Waals surface area contributed by atoms with Crippen molar-refractivity contribution in [1.82, 2.24) is 30.0 Å². The smallest absolute Gasteiger partial charge is 0.279 e. The lowest BCUT2D eigenvalue weighted by Gasteiger charge is -2.36. The summed E-state index contributed by atoms with van der Waals surface area (Å²) in [5.41, 5.74) is -0.375. The molecule has 0 radical (unpaired) electrons. The number of hydrogen-bond donors (Lipinski definition) is 6. The van der Waals surface area contributed by atoms with Gasteiger partial charge in [-0.25, -0.2) is 13.8 Å². The van der Waals surface area contributed by atoms with Crippen LogP contribution in [0.15, 0.2) is 42.5 Å². The number of nitrogens with one attached hydrogen (secondary N) is 3. The first-order chi connectivity index (χ1) is 33.2. The van der Waals surface area contributed by atoms with E-state index in [9.17, 15) is 48.5 Å². The summed E-state index contributed by atoms with van der Waals surface area (Å²) in [6.07, 6.45) is -2.10. The number of aromatic hydroxyl groups is 1. The van der Waals surface area contributed by atoms with Crippen LogP contribution in [0, 0.1) is 11.6 Å². The summed E-state index contributed by atoms with van der Waals surface area (Å²) >= 11 is 6.53. The molecule has 7 rings (SSSR count). The van der Waals surface area contributed by atoms with Crippen LogP contribution in [0.25, 0.3) is 22.0 Å². The van der Waals surface area contributed by atoms with Gasteiger partial charge >= 0.3 is 0 Å². The molecular weight excluding hydrogens is 932 g/mol. The van der Waals surface area contributed by atoms with E-state index < -0.39 is 70.4 Å². The standard InChI is InChI=1S/C45H50ClF2N9O12/c1-54(17-19-68-21-23-69-22-20-67-18-12-49-29-6-2-4-25-34(29)42(63)57(41(25)62)30-8-9-32(59)51-40(30)61)33(60)10-11-50-45-52-38-26(39(53-45)55-13-15-56(16-14-55)43(64)44(65)66)24-27(46)35(37(38)48)36-28(47)5-3-7-31(36)58/h2-7,24,30,44,49,58,65-66H,8-23H2,1H3,(H,50,52,53)(H,51,59,61). The molecule has 1 unspecified atom stereocenters. The molecule has 24 heteroatoms. The molecular formula is C45H50ClF2N9O12. The van der Waals surface area contributed by atoms with E-state index in [0.717, 1.165) is 11.0 Å². The Bertz CT molecular complexity index is 2600. The van der Waals surface area contributed by atoms with Gasteiger partial charge in [-0.2, -0.15) is 4.98 Å². The maximum absolute atomic E-state index is 16.4. The van der Waals surface area contributed by atoms with Gasteiger partial charge in [0.05, 0.1) is 61.4 Å². The van der Waals surface area contributed by atoms with Crippen molar-refractivity contribution in [2.75, 3.05) is 108 Å². The van der Waals surface area contributed by atoms with Crippen molar-refractivity contribution >= 4 is 75.4 Å². The van der Waals surface area contributed by atoms with E-state index >= 15 is 4.39 Å². The zero-order valence-electron chi connectivity index (χ0n) is 37.3. The number of phenolic OH excluding ortho intramolecular Hbond substituents is 1. The van der Waals surface area contributed by atoms with Crippen molar-refractivity contribution in [2.45, 2.75) is 31.6 Å². The monoisotopic (exact) mass is 981 g/mol. The summed E-state index contributed by atoms with van der Waals surface area (Å²) < 4.78 is 48.2. The van der Waals surface area contributed by atoms with Gasteiger partial charge in [-0.05, 0) is 36.8 Å². The maximum Gasteiger partial charge on any atom is 0.279 e. The van der Waals surface area contributed by atoms with Gasteiger partial charge < -0.3 is 54.9 Å². The van der Waals surface area contributed by atoms with Crippen LogP contribution in [0.5, 0.6) is 5.75 Å². The third-order valence-corrected chi connectivity index (χ3v) is 11.9.